The van der Waals surface area contributed by atoms with Crippen molar-refractivity contribution in [1.29, 1.82) is 5.26 Å². The molecule has 1 atom stereocenters. The van der Waals surface area contributed by atoms with Gasteiger partial charge < -0.3 is 9.88 Å². The summed E-state index contributed by atoms with van der Waals surface area (Å²) in [6.07, 6.45) is 5.05. The summed E-state index contributed by atoms with van der Waals surface area (Å²) in [4.78, 5) is 35.6. The number of carbonyl (C=O) groups is 1. The second kappa shape index (κ2) is 8.46. The lowest BCUT2D eigenvalue weighted by molar-refractivity contribution is -0.121. The van der Waals surface area contributed by atoms with Gasteiger partial charge in [-0.25, -0.2) is 24.9 Å². The van der Waals surface area contributed by atoms with E-state index in [9.17, 15) is 10.1 Å². The second-order valence-corrected chi connectivity index (χ2v) is 9.78. The van der Waals surface area contributed by atoms with Gasteiger partial charge in [-0.3, -0.25) is 10.1 Å². The van der Waals surface area contributed by atoms with E-state index in [1.54, 1.807) is 12.4 Å². The van der Waals surface area contributed by atoms with Crippen molar-refractivity contribution in [3.05, 3.63) is 48.3 Å². The number of fused-ring (bicyclic) bond motifs is 2. The lowest BCUT2D eigenvalue weighted by Crippen LogP contribution is -2.48. The molecule has 1 amide bonds. The Kier molecular flexibility index (Phi) is 5.53. The third-order valence-electron chi connectivity index (χ3n) is 6.61. The first-order valence-electron chi connectivity index (χ1n) is 11.8. The summed E-state index contributed by atoms with van der Waals surface area (Å²) in [5, 5.41) is 15.7. The van der Waals surface area contributed by atoms with Crippen LogP contribution in [-0.4, -0.2) is 41.9 Å². The molecule has 36 heavy (non-hydrogen) atoms. The fraction of sp³-hybridized carbons (Fsp3) is 0.346. The molecule has 0 saturated carbocycles. The zero-order chi connectivity index (χ0) is 25.7. The standard InChI is InChI=1S/C26H27N9O/c1-6-35-22(17-10-28-15(2)29-11-17)34-21-20(30-14-31-23(21)35)16-7-8-19-18(9-16)26(5,24(36)33-19)32-13-25(3,4)12-27/h7-11,14,32H,6,13H2,1-5H3,(H,33,36). The molecule has 1 aromatic carbocycles. The highest BCUT2D eigenvalue weighted by Crippen LogP contribution is 2.39. The number of rotatable bonds is 6. The molecule has 182 valence electrons. The molecule has 0 radical (unpaired) electrons. The molecule has 0 fully saturated rings. The molecule has 10 nitrogen and oxygen atoms in total. The molecule has 0 bridgehead atoms. The first-order valence-corrected chi connectivity index (χ1v) is 11.8. The van der Waals surface area contributed by atoms with Gasteiger partial charge in [-0.2, -0.15) is 5.26 Å². The van der Waals surface area contributed by atoms with Crippen LogP contribution in [0.4, 0.5) is 5.69 Å². The molecule has 0 saturated heterocycles. The van der Waals surface area contributed by atoms with Crippen LogP contribution in [0.2, 0.25) is 0 Å². The molecule has 5 rings (SSSR count). The Morgan fingerprint density at radius 1 is 1.17 bits per heavy atom. The Hall–Kier alpha value is -4.23. The van der Waals surface area contributed by atoms with Crippen LogP contribution >= 0.6 is 0 Å². The average molecular weight is 482 g/mol. The third-order valence-corrected chi connectivity index (χ3v) is 6.61. The lowest BCUT2D eigenvalue weighted by atomic mass is 9.88. The minimum Gasteiger partial charge on any atom is -0.324 e. The Bertz CT molecular complexity index is 1530. The van der Waals surface area contributed by atoms with E-state index < -0.39 is 11.0 Å². The number of imidazole rings is 1. The first-order chi connectivity index (χ1) is 17.2. The van der Waals surface area contributed by atoms with Gasteiger partial charge in [0.25, 0.3) is 0 Å². The number of aryl methyl sites for hydroxylation is 2. The highest BCUT2D eigenvalue weighted by Gasteiger charge is 2.43. The van der Waals surface area contributed by atoms with Crippen LogP contribution in [0.1, 0.15) is 39.1 Å². The van der Waals surface area contributed by atoms with Crippen molar-refractivity contribution in [3.8, 4) is 28.7 Å². The number of hydrogen-bond acceptors (Lipinski definition) is 8. The Labute approximate surface area is 208 Å². The summed E-state index contributed by atoms with van der Waals surface area (Å²) in [7, 11) is 0. The van der Waals surface area contributed by atoms with Crippen molar-refractivity contribution in [2.24, 2.45) is 5.41 Å². The van der Waals surface area contributed by atoms with Gasteiger partial charge in [0, 0.05) is 42.3 Å². The van der Waals surface area contributed by atoms with Gasteiger partial charge in [-0.05, 0) is 46.8 Å². The van der Waals surface area contributed by atoms with E-state index in [-0.39, 0.29) is 5.91 Å². The van der Waals surface area contributed by atoms with Crippen LogP contribution < -0.4 is 10.6 Å². The van der Waals surface area contributed by atoms with Gasteiger partial charge in [0.05, 0.1) is 17.0 Å². The smallest absolute Gasteiger partial charge is 0.249 e. The third kappa shape index (κ3) is 3.78. The molecule has 1 aliphatic heterocycles. The maximum Gasteiger partial charge on any atom is 0.249 e. The van der Waals surface area contributed by atoms with E-state index in [2.05, 4.69) is 36.6 Å². The molecule has 10 heteroatoms. The molecule has 1 aliphatic rings. The molecule has 0 spiro atoms. The molecule has 4 aromatic rings. The monoisotopic (exact) mass is 481 g/mol. The highest BCUT2D eigenvalue weighted by molar-refractivity contribution is 6.06. The van der Waals surface area contributed by atoms with Crippen LogP contribution in [0.5, 0.6) is 0 Å². The predicted molar refractivity (Wildman–Crippen MR) is 136 cm³/mol. The first kappa shape index (κ1) is 23.5. The quantitative estimate of drug-likeness (QED) is 0.427. The Balaban J connectivity index is 1.62. The van der Waals surface area contributed by atoms with E-state index in [0.29, 0.717) is 35.8 Å². The SMILES string of the molecule is CCn1c(-c2cnc(C)nc2)nc2c(-c3ccc4c(c3)C(C)(NCC(C)(C)C#N)C(=O)N4)ncnc21. The number of hydrogen-bond donors (Lipinski definition) is 2. The predicted octanol–water partition coefficient (Wildman–Crippen LogP) is 3.59. The van der Waals surface area contributed by atoms with Crippen molar-refractivity contribution in [2.45, 2.75) is 46.7 Å². The van der Waals surface area contributed by atoms with E-state index in [1.165, 1.54) is 6.33 Å². The molecule has 2 N–H and O–H groups in total. The van der Waals surface area contributed by atoms with Crippen LogP contribution in [0.3, 0.4) is 0 Å². The largest absolute Gasteiger partial charge is 0.324 e. The van der Waals surface area contributed by atoms with E-state index in [4.69, 9.17) is 4.98 Å². The maximum absolute atomic E-state index is 13.0. The van der Waals surface area contributed by atoms with E-state index >= 15 is 0 Å². The number of benzene rings is 1. The summed E-state index contributed by atoms with van der Waals surface area (Å²) in [5.74, 6) is 1.25. The number of carbonyl (C=O) groups excluding carboxylic acids is 1. The number of nitriles is 1. The molecular formula is C26H27N9O. The van der Waals surface area contributed by atoms with Crippen molar-refractivity contribution in [3.63, 3.8) is 0 Å². The van der Waals surface area contributed by atoms with Gasteiger partial charge in [-0.15, -0.1) is 0 Å². The molecule has 0 aliphatic carbocycles. The normalized spacial score (nSPS) is 17.2. The minimum absolute atomic E-state index is 0.159. The molecular weight excluding hydrogens is 454 g/mol. The fourth-order valence-corrected chi connectivity index (χ4v) is 4.37. The van der Waals surface area contributed by atoms with Gasteiger partial charge in [0.2, 0.25) is 5.91 Å². The fourth-order valence-electron chi connectivity index (χ4n) is 4.37. The number of nitrogens with one attached hydrogen (secondary N) is 2. The summed E-state index contributed by atoms with van der Waals surface area (Å²) < 4.78 is 2.02. The zero-order valence-electron chi connectivity index (χ0n) is 20.9. The second-order valence-electron chi connectivity index (χ2n) is 9.78. The molecule has 3 aromatic heterocycles. The van der Waals surface area contributed by atoms with E-state index in [0.717, 1.165) is 28.2 Å². The number of anilines is 1. The lowest BCUT2D eigenvalue weighted by Gasteiger charge is -2.28. The zero-order valence-corrected chi connectivity index (χ0v) is 20.9. The number of nitrogens with zero attached hydrogens (tertiary/aromatic N) is 7. The van der Waals surface area contributed by atoms with Crippen molar-refractivity contribution in [1.82, 2.24) is 34.8 Å². The molecule has 4 heterocycles. The number of aromatic nitrogens is 6. The van der Waals surface area contributed by atoms with E-state index in [1.807, 2.05) is 57.4 Å². The van der Waals surface area contributed by atoms with Gasteiger partial charge in [-0.1, -0.05) is 6.07 Å². The van der Waals surface area contributed by atoms with Crippen LogP contribution in [0, 0.1) is 23.7 Å². The van der Waals surface area contributed by atoms with Gasteiger partial charge >= 0.3 is 0 Å². The Morgan fingerprint density at radius 2 is 1.92 bits per heavy atom. The molecule has 1 unspecified atom stereocenters. The highest BCUT2D eigenvalue weighted by atomic mass is 16.2. The maximum atomic E-state index is 13.0. The average Bonchev–Trinajstić information content (AvgIpc) is 3.38. The minimum atomic E-state index is -0.987. The van der Waals surface area contributed by atoms with Crippen LogP contribution in [-0.2, 0) is 16.9 Å². The van der Waals surface area contributed by atoms with Crippen LogP contribution in [0.15, 0.2) is 36.9 Å². The Morgan fingerprint density at radius 3 is 2.61 bits per heavy atom. The topological polar surface area (TPSA) is 134 Å². The summed E-state index contributed by atoms with van der Waals surface area (Å²) >= 11 is 0. The van der Waals surface area contributed by atoms with Crippen molar-refractivity contribution in [2.75, 3.05) is 11.9 Å². The summed E-state index contributed by atoms with van der Waals surface area (Å²) in [5.41, 5.74) is 3.58. The van der Waals surface area contributed by atoms with Crippen molar-refractivity contribution >= 4 is 22.8 Å². The van der Waals surface area contributed by atoms with Gasteiger partial charge in [0.15, 0.2) is 5.65 Å². The van der Waals surface area contributed by atoms with Gasteiger partial charge in [0.1, 0.15) is 34.7 Å². The van der Waals surface area contributed by atoms with Crippen molar-refractivity contribution < 1.29 is 4.79 Å². The number of amides is 1. The summed E-state index contributed by atoms with van der Waals surface area (Å²) in [6.45, 7) is 10.4. The van der Waals surface area contributed by atoms with Crippen LogP contribution in [0.25, 0.3) is 33.8 Å². The summed E-state index contributed by atoms with van der Waals surface area (Å²) in [6, 6.07) is 8.04.